The molecule has 5 nitrogen and oxygen atoms in total. The molecule has 0 atom stereocenters. The Labute approximate surface area is 121 Å². The summed E-state index contributed by atoms with van der Waals surface area (Å²) >= 11 is 0. The van der Waals surface area contributed by atoms with E-state index in [0.717, 1.165) is 0 Å². The maximum atomic E-state index is 14.0. The lowest BCUT2D eigenvalue weighted by atomic mass is 10.1. The first-order valence-corrected chi connectivity index (χ1v) is 6.47. The highest BCUT2D eigenvalue weighted by atomic mass is 19.2. The molecule has 0 aliphatic rings. The lowest BCUT2D eigenvalue weighted by Gasteiger charge is -2.11. The predicted octanol–water partition coefficient (Wildman–Crippen LogP) is 2.95. The Balaban J connectivity index is 2.55. The fourth-order valence-electron chi connectivity index (χ4n) is 1.67. The summed E-state index contributed by atoms with van der Waals surface area (Å²) in [5, 5.41) is 2.74. The van der Waals surface area contributed by atoms with E-state index in [4.69, 9.17) is 4.74 Å². The third-order valence-electron chi connectivity index (χ3n) is 2.70. The van der Waals surface area contributed by atoms with Crippen LogP contribution < -0.4 is 10.1 Å². The first-order valence-electron chi connectivity index (χ1n) is 6.47. The zero-order valence-corrected chi connectivity index (χ0v) is 12.2. The first-order chi connectivity index (χ1) is 9.92. The maximum absolute atomic E-state index is 14.0. The topological polar surface area (TPSA) is 59.9 Å². The van der Waals surface area contributed by atoms with Crippen molar-refractivity contribution in [1.29, 1.82) is 0 Å². The Kier molecular flexibility index (Phi) is 4.30. The van der Waals surface area contributed by atoms with Crippen molar-refractivity contribution in [1.82, 2.24) is 15.0 Å². The van der Waals surface area contributed by atoms with Crippen molar-refractivity contribution in [2.75, 3.05) is 12.4 Å². The Bertz CT molecular complexity index is 662. The van der Waals surface area contributed by atoms with Gasteiger partial charge in [-0.15, -0.1) is 0 Å². The Morgan fingerprint density at radius 1 is 1.10 bits per heavy atom. The number of nitrogens with zero attached hydrogens (tertiary/aromatic N) is 3. The van der Waals surface area contributed by atoms with Gasteiger partial charge in [0.1, 0.15) is 0 Å². The van der Waals surface area contributed by atoms with Gasteiger partial charge in [-0.2, -0.15) is 15.0 Å². The molecule has 1 heterocycles. The van der Waals surface area contributed by atoms with Gasteiger partial charge in [-0.1, -0.05) is 6.07 Å². The molecule has 0 saturated carbocycles. The Morgan fingerprint density at radius 2 is 1.81 bits per heavy atom. The van der Waals surface area contributed by atoms with Crippen molar-refractivity contribution in [3.63, 3.8) is 0 Å². The molecule has 0 saturated heterocycles. The third-order valence-corrected chi connectivity index (χ3v) is 2.70. The number of rotatable bonds is 4. The van der Waals surface area contributed by atoms with Gasteiger partial charge in [0.25, 0.3) is 0 Å². The van der Waals surface area contributed by atoms with Crippen molar-refractivity contribution < 1.29 is 13.5 Å². The molecule has 0 aliphatic carbocycles. The van der Waals surface area contributed by atoms with Crippen LogP contribution in [0.3, 0.4) is 0 Å². The molecule has 0 aliphatic heterocycles. The third kappa shape index (κ3) is 3.24. The number of aromatic nitrogens is 3. The van der Waals surface area contributed by atoms with Crippen LogP contribution in [0.5, 0.6) is 6.01 Å². The van der Waals surface area contributed by atoms with Crippen molar-refractivity contribution in [3.05, 3.63) is 29.3 Å². The maximum Gasteiger partial charge on any atom is 0.322 e. The molecule has 2 rings (SSSR count). The molecule has 0 unspecified atom stereocenters. The van der Waals surface area contributed by atoms with E-state index in [9.17, 15) is 8.78 Å². The molecule has 1 aromatic carbocycles. The second-order valence-electron chi connectivity index (χ2n) is 4.74. The monoisotopic (exact) mass is 294 g/mol. The van der Waals surface area contributed by atoms with Crippen molar-refractivity contribution in [3.8, 4) is 17.4 Å². The molecule has 21 heavy (non-hydrogen) atoms. The van der Waals surface area contributed by atoms with Gasteiger partial charge in [0.05, 0.1) is 11.7 Å². The fraction of sp³-hybridized carbons (Fsp3) is 0.357. The van der Waals surface area contributed by atoms with E-state index in [1.54, 1.807) is 7.05 Å². The molecule has 0 radical (unpaired) electrons. The van der Waals surface area contributed by atoms with Crippen LogP contribution in [-0.4, -0.2) is 28.1 Å². The van der Waals surface area contributed by atoms with Gasteiger partial charge >= 0.3 is 6.01 Å². The van der Waals surface area contributed by atoms with Crippen LogP contribution in [0.2, 0.25) is 0 Å². The van der Waals surface area contributed by atoms with Crippen molar-refractivity contribution in [2.24, 2.45) is 0 Å². The van der Waals surface area contributed by atoms with E-state index in [-0.39, 0.29) is 35.0 Å². The summed E-state index contributed by atoms with van der Waals surface area (Å²) in [6.45, 7) is 5.12. The minimum absolute atomic E-state index is 0.0152. The number of hydrogen-bond donors (Lipinski definition) is 1. The van der Waals surface area contributed by atoms with Crippen LogP contribution in [0.4, 0.5) is 14.7 Å². The molecule has 7 heteroatoms. The Hall–Kier alpha value is -2.31. The molecule has 0 spiro atoms. The average Bonchev–Trinajstić information content (AvgIpc) is 2.43. The smallest absolute Gasteiger partial charge is 0.322 e. The van der Waals surface area contributed by atoms with Gasteiger partial charge in [0.2, 0.25) is 5.95 Å². The molecular formula is C14H16F2N4O. The first kappa shape index (κ1) is 15.1. The largest absolute Gasteiger partial charge is 0.461 e. The van der Waals surface area contributed by atoms with Gasteiger partial charge in [-0.25, -0.2) is 8.78 Å². The van der Waals surface area contributed by atoms with Crippen LogP contribution in [0, 0.1) is 18.6 Å². The van der Waals surface area contributed by atoms with E-state index in [1.807, 2.05) is 13.8 Å². The summed E-state index contributed by atoms with van der Waals surface area (Å²) in [6.07, 6.45) is -0.149. The summed E-state index contributed by atoms with van der Waals surface area (Å²) in [6, 6.07) is 2.96. The summed E-state index contributed by atoms with van der Waals surface area (Å²) in [4.78, 5) is 12.1. The highest BCUT2D eigenvalue weighted by Gasteiger charge is 2.17. The molecule has 0 fully saturated rings. The number of ether oxygens (including phenoxy) is 1. The molecule has 0 amide bonds. The molecule has 2 aromatic rings. The minimum Gasteiger partial charge on any atom is -0.461 e. The van der Waals surface area contributed by atoms with Crippen LogP contribution in [0.25, 0.3) is 11.4 Å². The van der Waals surface area contributed by atoms with Gasteiger partial charge in [-0.3, -0.25) is 0 Å². The van der Waals surface area contributed by atoms with E-state index >= 15 is 0 Å². The molecule has 112 valence electrons. The predicted molar refractivity (Wildman–Crippen MR) is 75.2 cm³/mol. The molecular weight excluding hydrogens is 278 g/mol. The van der Waals surface area contributed by atoms with Crippen molar-refractivity contribution in [2.45, 2.75) is 26.9 Å². The molecule has 0 bridgehead atoms. The van der Waals surface area contributed by atoms with Crippen LogP contribution in [-0.2, 0) is 0 Å². The lowest BCUT2D eigenvalue weighted by molar-refractivity contribution is 0.222. The summed E-state index contributed by atoms with van der Waals surface area (Å²) in [5.74, 6) is -1.67. The van der Waals surface area contributed by atoms with E-state index in [0.29, 0.717) is 0 Å². The van der Waals surface area contributed by atoms with E-state index in [1.165, 1.54) is 19.1 Å². The van der Waals surface area contributed by atoms with Crippen LogP contribution in [0.1, 0.15) is 19.4 Å². The number of anilines is 1. The number of hydrogen-bond acceptors (Lipinski definition) is 5. The quantitative estimate of drug-likeness (QED) is 0.939. The standard InChI is InChI=1S/C14H16F2N4O/c1-7(2)21-14-19-12(18-13(17-4)20-14)9-6-5-8(3)10(15)11(9)16/h5-7H,1-4H3,(H,17,18,19,20). The van der Waals surface area contributed by atoms with Gasteiger partial charge in [-0.05, 0) is 32.4 Å². The zero-order valence-electron chi connectivity index (χ0n) is 12.2. The van der Waals surface area contributed by atoms with Crippen molar-refractivity contribution >= 4 is 5.95 Å². The van der Waals surface area contributed by atoms with Gasteiger partial charge in [0, 0.05) is 7.05 Å². The van der Waals surface area contributed by atoms with Gasteiger partial charge in [0.15, 0.2) is 17.5 Å². The minimum atomic E-state index is -0.987. The van der Waals surface area contributed by atoms with Crippen LogP contribution >= 0.6 is 0 Å². The van der Waals surface area contributed by atoms with E-state index in [2.05, 4.69) is 20.3 Å². The van der Waals surface area contributed by atoms with E-state index < -0.39 is 11.6 Å². The van der Waals surface area contributed by atoms with Crippen LogP contribution in [0.15, 0.2) is 12.1 Å². The zero-order chi connectivity index (χ0) is 15.6. The summed E-state index contributed by atoms with van der Waals surface area (Å²) in [7, 11) is 1.62. The Morgan fingerprint density at radius 3 is 2.43 bits per heavy atom. The second kappa shape index (κ2) is 5.99. The van der Waals surface area contributed by atoms with Gasteiger partial charge < -0.3 is 10.1 Å². The number of halogens is 2. The fourth-order valence-corrected chi connectivity index (χ4v) is 1.67. The molecule has 1 aromatic heterocycles. The SMILES string of the molecule is CNc1nc(OC(C)C)nc(-c2ccc(C)c(F)c2F)n1. The molecule has 1 N–H and O–H groups in total. The number of aryl methyl sites for hydroxylation is 1. The number of benzene rings is 1. The summed E-state index contributed by atoms with van der Waals surface area (Å²) < 4.78 is 33.1. The summed E-state index contributed by atoms with van der Waals surface area (Å²) in [5.41, 5.74) is 0.184. The number of nitrogens with one attached hydrogen (secondary N) is 1. The highest BCUT2D eigenvalue weighted by molar-refractivity contribution is 5.58. The lowest BCUT2D eigenvalue weighted by Crippen LogP contribution is -2.11. The second-order valence-corrected chi connectivity index (χ2v) is 4.74. The normalized spacial score (nSPS) is 10.8. The average molecular weight is 294 g/mol. The highest BCUT2D eigenvalue weighted by Crippen LogP contribution is 2.25.